The third kappa shape index (κ3) is 3.13. The molecule has 1 unspecified atom stereocenters. The fourth-order valence-corrected chi connectivity index (χ4v) is 2.51. The molecular formula is C16H23N3O. The zero-order valence-electron chi connectivity index (χ0n) is 12.4. The van der Waals surface area contributed by atoms with Gasteiger partial charge in [0.05, 0.1) is 0 Å². The summed E-state index contributed by atoms with van der Waals surface area (Å²) in [5.74, 6) is 0. The van der Waals surface area contributed by atoms with Gasteiger partial charge in [-0.25, -0.2) is 4.79 Å². The molecule has 4 heteroatoms. The minimum atomic E-state index is -0.0415. The molecule has 1 aromatic carbocycles. The summed E-state index contributed by atoms with van der Waals surface area (Å²) in [5, 5.41) is 5.22. The van der Waals surface area contributed by atoms with Crippen molar-refractivity contribution in [1.82, 2.24) is 9.88 Å². The van der Waals surface area contributed by atoms with Gasteiger partial charge in [-0.3, -0.25) is 0 Å². The quantitative estimate of drug-likeness (QED) is 0.842. The summed E-state index contributed by atoms with van der Waals surface area (Å²) in [5.41, 5.74) is 0.834. The molecule has 0 aliphatic carbocycles. The average Bonchev–Trinajstić information content (AvgIpc) is 2.91. The summed E-state index contributed by atoms with van der Waals surface area (Å²) in [4.78, 5) is 17.1. The zero-order chi connectivity index (χ0) is 14.5. The first-order valence-corrected chi connectivity index (χ1v) is 7.26. The van der Waals surface area contributed by atoms with E-state index in [1.807, 2.05) is 42.5 Å². The Morgan fingerprint density at radius 1 is 1.30 bits per heavy atom. The van der Waals surface area contributed by atoms with Gasteiger partial charge in [0, 0.05) is 36.6 Å². The lowest BCUT2D eigenvalue weighted by Crippen LogP contribution is -2.39. The van der Waals surface area contributed by atoms with Crippen LogP contribution in [-0.4, -0.2) is 29.0 Å². The molecule has 1 heterocycles. The van der Waals surface area contributed by atoms with Crippen LogP contribution in [-0.2, 0) is 0 Å². The number of benzene rings is 1. The molecule has 0 aliphatic rings. The van der Waals surface area contributed by atoms with Crippen LogP contribution in [0.1, 0.15) is 33.1 Å². The fourth-order valence-electron chi connectivity index (χ4n) is 2.51. The predicted molar refractivity (Wildman–Crippen MR) is 84.1 cm³/mol. The SMILES string of the molecule is CCCC(CC)N(C)C(=O)Nc1ccc2c[nH]cc2c1. The van der Waals surface area contributed by atoms with E-state index >= 15 is 0 Å². The van der Waals surface area contributed by atoms with Crippen LogP contribution in [0.3, 0.4) is 0 Å². The van der Waals surface area contributed by atoms with Gasteiger partial charge in [0.1, 0.15) is 0 Å². The lowest BCUT2D eigenvalue weighted by molar-refractivity contribution is 0.198. The van der Waals surface area contributed by atoms with E-state index in [-0.39, 0.29) is 6.03 Å². The van der Waals surface area contributed by atoms with Crippen LogP contribution in [0.25, 0.3) is 10.8 Å². The number of fused-ring (bicyclic) bond motifs is 1. The number of aromatic nitrogens is 1. The van der Waals surface area contributed by atoms with E-state index in [0.29, 0.717) is 6.04 Å². The molecule has 4 nitrogen and oxygen atoms in total. The number of rotatable bonds is 5. The number of hydrogen-bond acceptors (Lipinski definition) is 1. The highest BCUT2D eigenvalue weighted by Crippen LogP contribution is 2.19. The number of hydrogen-bond donors (Lipinski definition) is 2. The number of carbonyl (C=O) groups is 1. The number of amides is 2. The van der Waals surface area contributed by atoms with Gasteiger partial charge in [-0.1, -0.05) is 26.3 Å². The molecule has 0 bridgehead atoms. The Bertz CT molecular complexity index is 576. The molecule has 20 heavy (non-hydrogen) atoms. The van der Waals surface area contributed by atoms with Crippen molar-refractivity contribution in [2.45, 2.75) is 39.2 Å². The number of urea groups is 1. The van der Waals surface area contributed by atoms with Crippen molar-refractivity contribution in [3.63, 3.8) is 0 Å². The summed E-state index contributed by atoms with van der Waals surface area (Å²) in [6.07, 6.45) is 6.99. The normalized spacial score (nSPS) is 12.3. The molecule has 2 rings (SSSR count). The van der Waals surface area contributed by atoms with Gasteiger partial charge < -0.3 is 15.2 Å². The van der Waals surface area contributed by atoms with E-state index in [2.05, 4.69) is 24.1 Å². The van der Waals surface area contributed by atoms with Crippen molar-refractivity contribution >= 4 is 22.5 Å². The number of aromatic amines is 1. The highest BCUT2D eigenvalue weighted by atomic mass is 16.2. The minimum absolute atomic E-state index is 0.0415. The summed E-state index contributed by atoms with van der Waals surface area (Å²) < 4.78 is 0. The molecule has 0 spiro atoms. The number of nitrogens with zero attached hydrogens (tertiary/aromatic N) is 1. The van der Waals surface area contributed by atoms with Crippen LogP contribution in [0.5, 0.6) is 0 Å². The first-order chi connectivity index (χ1) is 9.65. The Kier molecular flexibility index (Phi) is 4.66. The van der Waals surface area contributed by atoms with Gasteiger partial charge in [0.25, 0.3) is 0 Å². The van der Waals surface area contributed by atoms with Crippen molar-refractivity contribution < 1.29 is 4.79 Å². The lowest BCUT2D eigenvalue weighted by Gasteiger charge is -2.27. The maximum Gasteiger partial charge on any atom is 0.321 e. The van der Waals surface area contributed by atoms with Gasteiger partial charge in [-0.15, -0.1) is 0 Å². The number of anilines is 1. The van der Waals surface area contributed by atoms with Crippen molar-refractivity contribution in [2.75, 3.05) is 12.4 Å². The van der Waals surface area contributed by atoms with Crippen LogP contribution in [0, 0.1) is 0 Å². The molecule has 0 radical (unpaired) electrons. The Labute approximate surface area is 120 Å². The van der Waals surface area contributed by atoms with Crippen LogP contribution in [0.2, 0.25) is 0 Å². The third-order valence-electron chi connectivity index (χ3n) is 3.78. The zero-order valence-corrected chi connectivity index (χ0v) is 12.4. The van der Waals surface area contributed by atoms with Crippen LogP contribution >= 0.6 is 0 Å². The third-order valence-corrected chi connectivity index (χ3v) is 3.78. The summed E-state index contributed by atoms with van der Waals surface area (Å²) in [6, 6.07) is 6.18. The van der Waals surface area contributed by atoms with Gasteiger partial charge in [-0.2, -0.15) is 0 Å². The Balaban J connectivity index is 2.06. The highest BCUT2D eigenvalue weighted by molar-refractivity contribution is 5.93. The van der Waals surface area contributed by atoms with E-state index in [9.17, 15) is 4.79 Å². The summed E-state index contributed by atoms with van der Waals surface area (Å²) in [6.45, 7) is 4.27. The summed E-state index contributed by atoms with van der Waals surface area (Å²) >= 11 is 0. The molecule has 0 aliphatic heterocycles. The van der Waals surface area contributed by atoms with Gasteiger partial charge >= 0.3 is 6.03 Å². The number of H-pyrrole nitrogens is 1. The van der Waals surface area contributed by atoms with Crippen molar-refractivity contribution in [3.8, 4) is 0 Å². The van der Waals surface area contributed by atoms with E-state index < -0.39 is 0 Å². The van der Waals surface area contributed by atoms with Crippen molar-refractivity contribution in [1.29, 1.82) is 0 Å². The molecule has 108 valence electrons. The van der Waals surface area contributed by atoms with Gasteiger partial charge in [0.15, 0.2) is 0 Å². The Morgan fingerprint density at radius 3 is 2.75 bits per heavy atom. The summed E-state index contributed by atoms with van der Waals surface area (Å²) in [7, 11) is 1.87. The fraction of sp³-hybridized carbons (Fsp3) is 0.438. The molecule has 2 amide bonds. The van der Waals surface area contributed by atoms with Crippen molar-refractivity contribution in [2.24, 2.45) is 0 Å². The number of carbonyl (C=O) groups excluding carboxylic acids is 1. The van der Waals surface area contributed by atoms with Crippen LogP contribution in [0.4, 0.5) is 10.5 Å². The average molecular weight is 273 g/mol. The first-order valence-electron chi connectivity index (χ1n) is 7.26. The minimum Gasteiger partial charge on any atom is -0.366 e. The van der Waals surface area contributed by atoms with E-state index in [1.165, 1.54) is 0 Å². The van der Waals surface area contributed by atoms with Gasteiger partial charge in [0.2, 0.25) is 0 Å². The Hall–Kier alpha value is -1.97. The highest BCUT2D eigenvalue weighted by Gasteiger charge is 2.17. The van der Waals surface area contributed by atoms with Gasteiger partial charge in [-0.05, 0) is 30.4 Å². The molecule has 2 aromatic rings. The maximum atomic E-state index is 12.3. The first kappa shape index (κ1) is 14.4. The smallest absolute Gasteiger partial charge is 0.321 e. The standard InChI is InChI=1S/C16H23N3O/c1-4-6-15(5-2)19(3)16(20)18-14-8-7-12-10-17-11-13(12)9-14/h7-11,15,17H,4-6H2,1-3H3,(H,18,20). The molecule has 0 fully saturated rings. The van der Waals surface area contributed by atoms with E-state index in [4.69, 9.17) is 0 Å². The predicted octanol–water partition coefficient (Wildman–Crippen LogP) is 4.21. The van der Waals surface area contributed by atoms with Crippen LogP contribution < -0.4 is 5.32 Å². The lowest BCUT2D eigenvalue weighted by atomic mass is 10.1. The second-order valence-electron chi connectivity index (χ2n) is 5.19. The topological polar surface area (TPSA) is 48.1 Å². The maximum absolute atomic E-state index is 12.3. The number of nitrogens with one attached hydrogen (secondary N) is 2. The largest absolute Gasteiger partial charge is 0.366 e. The molecule has 2 N–H and O–H groups in total. The Morgan fingerprint density at radius 2 is 2.05 bits per heavy atom. The molecule has 0 saturated heterocycles. The molecular weight excluding hydrogens is 250 g/mol. The second kappa shape index (κ2) is 6.46. The van der Waals surface area contributed by atoms with Crippen molar-refractivity contribution in [3.05, 3.63) is 30.6 Å². The molecule has 0 saturated carbocycles. The van der Waals surface area contributed by atoms with E-state index in [1.54, 1.807) is 0 Å². The van der Waals surface area contributed by atoms with Crippen LogP contribution in [0.15, 0.2) is 30.6 Å². The molecule has 1 aromatic heterocycles. The van der Waals surface area contributed by atoms with E-state index in [0.717, 1.165) is 35.7 Å². The second-order valence-corrected chi connectivity index (χ2v) is 5.19. The monoisotopic (exact) mass is 273 g/mol. The molecule has 1 atom stereocenters.